The molecule has 1 N–H and O–H groups in total. The van der Waals surface area contributed by atoms with E-state index in [1.54, 1.807) is 36.4 Å². The second-order valence-corrected chi connectivity index (χ2v) is 4.54. The van der Waals surface area contributed by atoms with E-state index in [4.69, 9.17) is 16.9 Å². The molecule has 19 heavy (non-hydrogen) atoms. The number of nitrogens with one attached hydrogen (secondary N) is 1. The lowest BCUT2D eigenvalue weighted by Crippen LogP contribution is -2.12. The molecule has 2 rings (SSSR count). The van der Waals surface area contributed by atoms with Crippen molar-refractivity contribution in [1.82, 2.24) is 0 Å². The molecule has 0 saturated heterocycles. The fourth-order valence-electron chi connectivity index (χ4n) is 1.67. The van der Waals surface area contributed by atoms with Crippen molar-refractivity contribution in [1.29, 1.82) is 5.26 Å². The van der Waals surface area contributed by atoms with E-state index in [-0.39, 0.29) is 5.91 Å². The smallest absolute Gasteiger partial charge is 0.257 e. The number of aryl methyl sites for hydroxylation is 1. The molecule has 0 aliphatic heterocycles. The molecule has 0 radical (unpaired) electrons. The normalized spacial score (nSPS) is 9.74. The van der Waals surface area contributed by atoms with Gasteiger partial charge >= 0.3 is 0 Å². The van der Waals surface area contributed by atoms with Gasteiger partial charge < -0.3 is 5.32 Å². The van der Waals surface area contributed by atoms with E-state index >= 15 is 0 Å². The minimum Gasteiger partial charge on any atom is -0.322 e. The zero-order valence-corrected chi connectivity index (χ0v) is 11.0. The number of carbonyl (C=O) groups is 1. The molecule has 4 heteroatoms. The number of hydrogen-bond acceptors (Lipinski definition) is 2. The number of rotatable bonds is 2. The average molecular weight is 271 g/mol. The van der Waals surface area contributed by atoms with Gasteiger partial charge in [-0.15, -0.1) is 0 Å². The van der Waals surface area contributed by atoms with Crippen LogP contribution in [0.2, 0.25) is 5.02 Å². The van der Waals surface area contributed by atoms with Gasteiger partial charge in [0.05, 0.1) is 22.2 Å². The minimum atomic E-state index is -0.292. The molecule has 2 aromatic carbocycles. The number of nitrogens with zero attached hydrogens (tertiary/aromatic N) is 1. The maximum Gasteiger partial charge on any atom is 0.257 e. The monoisotopic (exact) mass is 270 g/mol. The SMILES string of the molecule is Cc1ccc(C(=O)Nc2cccc(C#N)c2)c(Cl)c1. The van der Waals surface area contributed by atoms with Gasteiger partial charge in [-0.1, -0.05) is 23.7 Å². The summed E-state index contributed by atoms with van der Waals surface area (Å²) in [5, 5.41) is 11.9. The molecule has 0 atom stereocenters. The summed E-state index contributed by atoms with van der Waals surface area (Å²) in [6, 6.07) is 14.0. The summed E-state index contributed by atoms with van der Waals surface area (Å²) in [5.74, 6) is -0.292. The Labute approximate surface area is 116 Å². The number of anilines is 1. The highest BCUT2D eigenvalue weighted by Gasteiger charge is 2.10. The molecule has 0 aromatic heterocycles. The molecule has 0 heterocycles. The summed E-state index contributed by atoms with van der Waals surface area (Å²) in [7, 11) is 0. The topological polar surface area (TPSA) is 52.9 Å². The van der Waals surface area contributed by atoms with Crippen LogP contribution in [0.25, 0.3) is 0 Å². The second-order valence-electron chi connectivity index (χ2n) is 4.13. The fraction of sp³-hybridized carbons (Fsp3) is 0.0667. The molecular weight excluding hydrogens is 260 g/mol. The Kier molecular flexibility index (Phi) is 3.84. The van der Waals surface area contributed by atoms with E-state index in [2.05, 4.69) is 5.32 Å². The Morgan fingerprint density at radius 2 is 2.05 bits per heavy atom. The van der Waals surface area contributed by atoms with Crippen LogP contribution < -0.4 is 5.32 Å². The van der Waals surface area contributed by atoms with Crippen molar-refractivity contribution in [2.45, 2.75) is 6.92 Å². The lowest BCUT2D eigenvalue weighted by atomic mass is 10.1. The summed E-state index contributed by atoms with van der Waals surface area (Å²) < 4.78 is 0. The summed E-state index contributed by atoms with van der Waals surface area (Å²) in [6.45, 7) is 1.91. The van der Waals surface area contributed by atoms with Crippen molar-refractivity contribution < 1.29 is 4.79 Å². The van der Waals surface area contributed by atoms with Gasteiger partial charge in [-0.2, -0.15) is 5.26 Å². The predicted octanol–water partition coefficient (Wildman–Crippen LogP) is 3.77. The van der Waals surface area contributed by atoms with E-state index in [9.17, 15) is 4.79 Å². The van der Waals surface area contributed by atoms with Crippen LogP contribution in [0, 0.1) is 18.3 Å². The Morgan fingerprint density at radius 3 is 2.74 bits per heavy atom. The number of carbonyl (C=O) groups excluding carboxylic acids is 1. The van der Waals surface area contributed by atoms with Gasteiger partial charge in [0.1, 0.15) is 0 Å². The van der Waals surface area contributed by atoms with Crippen molar-refractivity contribution in [2.24, 2.45) is 0 Å². The molecule has 1 amide bonds. The third kappa shape index (κ3) is 3.12. The van der Waals surface area contributed by atoms with Crippen LogP contribution in [0.15, 0.2) is 42.5 Å². The van der Waals surface area contributed by atoms with Gasteiger partial charge in [0.2, 0.25) is 0 Å². The van der Waals surface area contributed by atoms with Gasteiger partial charge in [-0.3, -0.25) is 4.79 Å². The number of nitriles is 1. The van der Waals surface area contributed by atoms with Crippen molar-refractivity contribution >= 4 is 23.2 Å². The highest BCUT2D eigenvalue weighted by Crippen LogP contribution is 2.19. The number of halogens is 1. The zero-order valence-electron chi connectivity index (χ0n) is 10.3. The Morgan fingerprint density at radius 1 is 1.26 bits per heavy atom. The van der Waals surface area contributed by atoms with Crippen LogP contribution in [0.3, 0.4) is 0 Å². The molecule has 0 spiro atoms. The maximum atomic E-state index is 12.1. The van der Waals surface area contributed by atoms with Gasteiger partial charge in [0.25, 0.3) is 5.91 Å². The van der Waals surface area contributed by atoms with Crippen LogP contribution in [0.1, 0.15) is 21.5 Å². The summed E-state index contributed by atoms with van der Waals surface area (Å²) in [6.07, 6.45) is 0. The Bertz CT molecular complexity index is 674. The van der Waals surface area contributed by atoms with E-state index < -0.39 is 0 Å². The van der Waals surface area contributed by atoms with Crippen molar-refractivity contribution in [3.05, 3.63) is 64.2 Å². The zero-order chi connectivity index (χ0) is 13.8. The van der Waals surface area contributed by atoms with Crippen LogP contribution in [0.4, 0.5) is 5.69 Å². The first-order valence-electron chi connectivity index (χ1n) is 5.68. The number of benzene rings is 2. The quantitative estimate of drug-likeness (QED) is 0.903. The first kappa shape index (κ1) is 13.1. The first-order valence-corrected chi connectivity index (χ1v) is 6.05. The average Bonchev–Trinajstić information content (AvgIpc) is 2.38. The van der Waals surface area contributed by atoms with Crippen molar-refractivity contribution in [3.8, 4) is 6.07 Å². The molecular formula is C15H11ClN2O. The van der Waals surface area contributed by atoms with Crippen molar-refractivity contribution in [3.63, 3.8) is 0 Å². The van der Waals surface area contributed by atoms with E-state index in [0.717, 1.165) is 5.56 Å². The molecule has 0 aliphatic rings. The van der Waals surface area contributed by atoms with Crippen LogP contribution in [-0.4, -0.2) is 5.91 Å². The molecule has 0 aliphatic carbocycles. The van der Waals surface area contributed by atoms with Gasteiger partial charge in [0.15, 0.2) is 0 Å². The largest absolute Gasteiger partial charge is 0.322 e. The van der Waals surface area contributed by atoms with E-state index in [1.165, 1.54) is 0 Å². The standard InChI is InChI=1S/C15H11ClN2O/c1-10-5-6-13(14(16)7-10)15(19)18-12-4-2-3-11(8-12)9-17/h2-8H,1H3,(H,18,19). The first-order chi connectivity index (χ1) is 9.10. The lowest BCUT2D eigenvalue weighted by Gasteiger charge is -2.07. The van der Waals surface area contributed by atoms with Crippen LogP contribution >= 0.6 is 11.6 Å². The predicted molar refractivity (Wildman–Crippen MR) is 75.3 cm³/mol. The maximum absolute atomic E-state index is 12.1. The second kappa shape index (κ2) is 5.55. The third-order valence-corrected chi connectivity index (χ3v) is 2.93. The highest BCUT2D eigenvalue weighted by molar-refractivity contribution is 6.34. The highest BCUT2D eigenvalue weighted by atomic mass is 35.5. The summed E-state index contributed by atoms with van der Waals surface area (Å²) in [4.78, 5) is 12.1. The van der Waals surface area contributed by atoms with E-state index in [0.29, 0.717) is 21.8 Å². The fourth-order valence-corrected chi connectivity index (χ4v) is 1.99. The minimum absolute atomic E-state index is 0.292. The van der Waals surface area contributed by atoms with Gasteiger partial charge in [-0.25, -0.2) is 0 Å². The summed E-state index contributed by atoms with van der Waals surface area (Å²) >= 11 is 6.04. The Hall–Kier alpha value is -2.31. The number of amides is 1. The summed E-state index contributed by atoms with van der Waals surface area (Å²) in [5.41, 5.74) is 2.47. The van der Waals surface area contributed by atoms with Gasteiger partial charge in [-0.05, 0) is 42.8 Å². The van der Waals surface area contributed by atoms with E-state index in [1.807, 2.05) is 19.1 Å². The Balaban J connectivity index is 2.23. The molecule has 0 fully saturated rings. The molecule has 0 unspecified atom stereocenters. The van der Waals surface area contributed by atoms with Crippen LogP contribution in [-0.2, 0) is 0 Å². The van der Waals surface area contributed by atoms with Gasteiger partial charge in [0, 0.05) is 5.69 Å². The van der Waals surface area contributed by atoms with Crippen molar-refractivity contribution in [2.75, 3.05) is 5.32 Å². The molecule has 94 valence electrons. The third-order valence-electron chi connectivity index (χ3n) is 2.62. The molecule has 0 bridgehead atoms. The van der Waals surface area contributed by atoms with Crippen LogP contribution in [0.5, 0.6) is 0 Å². The number of hydrogen-bond donors (Lipinski definition) is 1. The molecule has 0 saturated carbocycles. The molecule has 3 nitrogen and oxygen atoms in total. The lowest BCUT2D eigenvalue weighted by molar-refractivity contribution is 0.102. The molecule has 2 aromatic rings.